The van der Waals surface area contributed by atoms with Gasteiger partial charge in [-0.3, -0.25) is 14.3 Å². The summed E-state index contributed by atoms with van der Waals surface area (Å²) in [6.45, 7) is 8.99. The fourth-order valence-corrected chi connectivity index (χ4v) is 1.57. The molecule has 0 fully saturated rings. The fourth-order valence-electron chi connectivity index (χ4n) is 1.57. The molecule has 4 heteroatoms. The molecule has 0 aliphatic rings. The molecule has 1 aromatic heterocycles. The van der Waals surface area contributed by atoms with E-state index in [1.165, 1.54) is 4.57 Å². The summed E-state index contributed by atoms with van der Waals surface area (Å²) in [6, 6.07) is -0.0296. The normalized spacial score (nSPS) is 10.4. The molecule has 0 amide bonds. The zero-order valence-electron chi connectivity index (χ0n) is 9.40. The Balaban J connectivity index is 3.23. The van der Waals surface area contributed by atoms with Crippen LogP contribution in [0, 0.1) is 6.92 Å². The first-order valence-corrected chi connectivity index (χ1v) is 5.14. The van der Waals surface area contributed by atoms with Gasteiger partial charge in [0.15, 0.2) is 0 Å². The third-order valence-electron chi connectivity index (χ3n) is 2.42. The Bertz CT molecular complexity index is 486. The zero-order valence-corrected chi connectivity index (χ0v) is 9.40. The van der Waals surface area contributed by atoms with Gasteiger partial charge in [-0.05, 0) is 19.8 Å². The molecule has 0 saturated carbocycles. The van der Waals surface area contributed by atoms with Gasteiger partial charge in [-0.2, -0.15) is 0 Å². The molecule has 0 bridgehead atoms. The van der Waals surface area contributed by atoms with Gasteiger partial charge < -0.3 is 0 Å². The number of hydrogen-bond donors (Lipinski definition) is 1. The van der Waals surface area contributed by atoms with E-state index in [4.69, 9.17) is 0 Å². The van der Waals surface area contributed by atoms with Crippen LogP contribution in [0.1, 0.15) is 24.4 Å². The number of aryl methyl sites for hydroxylation is 1. The van der Waals surface area contributed by atoms with Gasteiger partial charge in [0.25, 0.3) is 5.56 Å². The van der Waals surface area contributed by atoms with Crippen molar-refractivity contribution < 1.29 is 0 Å². The first-order valence-electron chi connectivity index (χ1n) is 5.14. The van der Waals surface area contributed by atoms with Crippen molar-refractivity contribution in [3.8, 4) is 0 Å². The number of hydrogen-bond acceptors (Lipinski definition) is 2. The van der Waals surface area contributed by atoms with E-state index in [9.17, 15) is 9.59 Å². The molecule has 0 aliphatic heterocycles. The standard InChI is InChI=1S/C12H16N2O2/c1-4-6-10(7-5-2)14-8-9(3)11(15)13-12(14)16/h4-5,8,10H,1-2,6-7H2,3H3,(H,13,15,16). The number of nitrogens with zero attached hydrogens (tertiary/aromatic N) is 1. The lowest BCUT2D eigenvalue weighted by Crippen LogP contribution is -2.33. The van der Waals surface area contributed by atoms with E-state index < -0.39 is 0 Å². The monoisotopic (exact) mass is 220 g/mol. The molecule has 4 nitrogen and oxygen atoms in total. The van der Waals surface area contributed by atoms with Gasteiger partial charge in [-0.1, -0.05) is 12.2 Å². The minimum atomic E-state index is -0.385. The molecule has 0 aliphatic carbocycles. The topological polar surface area (TPSA) is 54.9 Å². The van der Waals surface area contributed by atoms with Crippen molar-refractivity contribution in [3.05, 3.63) is 57.9 Å². The number of rotatable bonds is 5. The van der Waals surface area contributed by atoms with Crippen LogP contribution in [0.5, 0.6) is 0 Å². The highest BCUT2D eigenvalue weighted by Gasteiger charge is 2.10. The number of H-pyrrole nitrogens is 1. The maximum absolute atomic E-state index is 11.6. The van der Waals surface area contributed by atoms with Crippen LogP contribution in [0.4, 0.5) is 0 Å². The zero-order chi connectivity index (χ0) is 12.1. The van der Waals surface area contributed by atoms with Crippen LogP contribution >= 0.6 is 0 Å². The first kappa shape index (κ1) is 12.2. The van der Waals surface area contributed by atoms with Crippen molar-refractivity contribution in [2.45, 2.75) is 25.8 Å². The molecule has 0 spiro atoms. The van der Waals surface area contributed by atoms with Crippen molar-refractivity contribution >= 4 is 0 Å². The molecule has 0 unspecified atom stereocenters. The maximum atomic E-state index is 11.6. The van der Waals surface area contributed by atoms with E-state index >= 15 is 0 Å². The molecular formula is C12H16N2O2. The molecule has 1 N–H and O–H groups in total. The van der Waals surface area contributed by atoms with Crippen LogP contribution in [0.3, 0.4) is 0 Å². The molecule has 86 valence electrons. The minimum absolute atomic E-state index is 0.0296. The van der Waals surface area contributed by atoms with Gasteiger partial charge in [0.05, 0.1) is 0 Å². The Morgan fingerprint density at radius 3 is 2.44 bits per heavy atom. The first-order chi connectivity index (χ1) is 7.60. The number of nitrogens with one attached hydrogen (secondary N) is 1. The maximum Gasteiger partial charge on any atom is 0.328 e. The summed E-state index contributed by atoms with van der Waals surface area (Å²) in [5, 5.41) is 0. The highest BCUT2D eigenvalue weighted by Crippen LogP contribution is 2.14. The summed E-state index contributed by atoms with van der Waals surface area (Å²) in [7, 11) is 0. The molecule has 0 atom stereocenters. The van der Waals surface area contributed by atoms with Gasteiger partial charge >= 0.3 is 5.69 Å². The Morgan fingerprint density at radius 2 is 1.94 bits per heavy atom. The lowest BCUT2D eigenvalue weighted by Gasteiger charge is -2.16. The highest BCUT2D eigenvalue weighted by atomic mass is 16.2. The van der Waals surface area contributed by atoms with Crippen LogP contribution in [0.25, 0.3) is 0 Å². The van der Waals surface area contributed by atoms with Crippen molar-refractivity contribution in [2.24, 2.45) is 0 Å². The molecule has 1 rings (SSSR count). The Hall–Kier alpha value is -1.84. The van der Waals surface area contributed by atoms with Crippen molar-refractivity contribution in [2.75, 3.05) is 0 Å². The summed E-state index contributed by atoms with van der Waals surface area (Å²) in [5.41, 5.74) is -0.195. The fraction of sp³-hybridized carbons (Fsp3) is 0.333. The molecule has 1 aromatic rings. The second kappa shape index (κ2) is 5.30. The van der Waals surface area contributed by atoms with Gasteiger partial charge in [0.1, 0.15) is 0 Å². The lowest BCUT2D eigenvalue weighted by molar-refractivity contribution is 0.484. The summed E-state index contributed by atoms with van der Waals surface area (Å²) in [4.78, 5) is 25.1. The Morgan fingerprint density at radius 1 is 1.38 bits per heavy atom. The van der Waals surface area contributed by atoms with Crippen LogP contribution in [-0.2, 0) is 0 Å². The largest absolute Gasteiger partial charge is 0.328 e. The SMILES string of the molecule is C=CCC(CC=C)n1cc(C)c(=O)[nH]c1=O. The number of aromatic amines is 1. The quantitative estimate of drug-likeness (QED) is 0.765. The average Bonchev–Trinajstić information content (AvgIpc) is 2.23. The predicted molar refractivity (Wildman–Crippen MR) is 64.7 cm³/mol. The number of allylic oxidation sites excluding steroid dienone is 2. The van der Waals surface area contributed by atoms with E-state index in [0.717, 1.165) is 0 Å². The van der Waals surface area contributed by atoms with Crippen molar-refractivity contribution in [1.29, 1.82) is 0 Å². The summed E-state index contributed by atoms with van der Waals surface area (Å²) in [6.07, 6.45) is 6.41. The van der Waals surface area contributed by atoms with E-state index in [1.807, 2.05) is 0 Å². The highest BCUT2D eigenvalue weighted by molar-refractivity contribution is 5.02. The molecule has 1 heterocycles. The third kappa shape index (κ3) is 2.59. The summed E-state index contributed by atoms with van der Waals surface area (Å²) in [5.74, 6) is 0. The van der Waals surface area contributed by atoms with Crippen LogP contribution < -0.4 is 11.2 Å². The van der Waals surface area contributed by atoms with Gasteiger partial charge in [-0.25, -0.2) is 4.79 Å². The second-order valence-corrected chi connectivity index (χ2v) is 3.68. The van der Waals surface area contributed by atoms with E-state index in [0.29, 0.717) is 18.4 Å². The Kier molecular flexibility index (Phi) is 4.05. The number of aromatic nitrogens is 2. The molecule has 0 saturated heterocycles. The van der Waals surface area contributed by atoms with Gasteiger partial charge in [0, 0.05) is 17.8 Å². The Labute approximate surface area is 93.9 Å². The lowest BCUT2D eigenvalue weighted by atomic mass is 10.1. The summed E-state index contributed by atoms with van der Waals surface area (Å²) >= 11 is 0. The van der Waals surface area contributed by atoms with Crippen molar-refractivity contribution in [3.63, 3.8) is 0 Å². The van der Waals surface area contributed by atoms with Crippen LogP contribution in [0.2, 0.25) is 0 Å². The van der Waals surface area contributed by atoms with E-state index in [1.54, 1.807) is 25.3 Å². The smallest absolute Gasteiger partial charge is 0.297 e. The van der Waals surface area contributed by atoms with Gasteiger partial charge in [0.2, 0.25) is 0 Å². The van der Waals surface area contributed by atoms with E-state index in [-0.39, 0.29) is 17.3 Å². The van der Waals surface area contributed by atoms with Crippen molar-refractivity contribution in [1.82, 2.24) is 9.55 Å². The average molecular weight is 220 g/mol. The molecule has 0 radical (unpaired) electrons. The predicted octanol–water partition coefficient (Wildman–Crippen LogP) is 1.54. The van der Waals surface area contributed by atoms with Crippen LogP contribution in [0.15, 0.2) is 41.1 Å². The molecule has 16 heavy (non-hydrogen) atoms. The third-order valence-corrected chi connectivity index (χ3v) is 2.42. The van der Waals surface area contributed by atoms with E-state index in [2.05, 4.69) is 18.1 Å². The van der Waals surface area contributed by atoms with Crippen LogP contribution in [-0.4, -0.2) is 9.55 Å². The molecule has 0 aromatic carbocycles. The second-order valence-electron chi connectivity index (χ2n) is 3.68. The minimum Gasteiger partial charge on any atom is -0.297 e. The van der Waals surface area contributed by atoms with Gasteiger partial charge in [-0.15, -0.1) is 13.2 Å². The molecular weight excluding hydrogens is 204 g/mol. The summed E-state index contributed by atoms with van der Waals surface area (Å²) < 4.78 is 1.53.